The van der Waals surface area contributed by atoms with Gasteiger partial charge in [-0.3, -0.25) is 0 Å². The average Bonchev–Trinajstić information content (AvgIpc) is 3.13. The van der Waals surface area contributed by atoms with Gasteiger partial charge in [-0.25, -0.2) is 4.98 Å². The fourth-order valence-corrected chi connectivity index (χ4v) is 3.47. The summed E-state index contributed by atoms with van der Waals surface area (Å²) in [6.07, 6.45) is -0.611. The van der Waals surface area contributed by atoms with Crippen LogP contribution in [0.1, 0.15) is 11.7 Å². The Bertz CT molecular complexity index is 1100. The average molecular weight is 426 g/mol. The van der Waals surface area contributed by atoms with E-state index in [2.05, 4.69) is 25.4 Å². The smallest absolute Gasteiger partial charge is 0.217 e. The number of halogens is 2. The van der Waals surface area contributed by atoms with Gasteiger partial charge in [-0.2, -0.15) is 15.3 Å². The Hall–Kier alpha value is -2.67. The molecule has 3 aromatic carbocycles. The number of benzene rings is 3. The summed E-state index contributed by atoms with van der Waals surface area (Å²) in [5.74, 6) is 0. The fraction of sp³-hybridized carbons (Fsp3) is 0.0500. The van der Waals surface area contributed by atoms with E-state index >= 15 is 0 Å². The number of nitrogens with zero attached hydrogens (tertiary/aromatic N) is 5. The Morgan fingerprint density at radius 1 is 0.750 bits per heavy atom. The molecule has 4 aromatic rings. The molecule has 0 fully saturated rings. The molecule has 4 rings (SSSR count). The SMILES string of the molecule is Clc1ccc(N=NC(N=Nc2nc3ccccc3s2)c2ccc(Cl)cc2)cc1. The number of thiazole rings is 1. The van der Waals surface area contributed by atoms with Gasteiger partial charge in [0.15, 0.2) is 0 Å². The second-order valence-corrected chi connectivity index (χ2v) is 7.68. The van der Waals surface area contributed by atoms with Gasteiger partial charge in [0.1, 0.15) is 0 Å². The van der Waals surface area contributed by atoms with Crippen LogP contribution in [0.2, 0.25) is 10.0 Å². The van der Waals surface area contributed by atoms with Gasteiger partial charge in [-0.05, 0) is 48.5 Å². The van der Waals surface area contributed by atoms with Gasteiger partial charge in [0.25, 0.3) is 0 Å². The lowest BCUT2D eigenvalue weighted by atomic mass is 10.2. The van der Waals surface area contributed by atoms with Crippen molar-refractivity contribution in [1.29, 1.82) is 0 Å². The second-order valence-electron chi connectivity index (χ2n) is 5.80. The molecule has 0 aliphatic rings. The third-order valence-corrected chi connectivity index (χ3v) is 5.24. The predicted molar refractivity (Wildman–Crippen MR) is 114 cm³/mol. The van der Waals surface area contributed by atoms with Gasteiger partial charge < -0.3 is 0 Å². The molecule has 0 saturated heterocycles. The summed E-state index contributed by atoms with van der Waals surface area (Å²) < 4.78 is 1.06. The quantitative estimate of drug-likeness (QED) is 0.297. The summed E-state index contributed by atoms with van der Waals surface area (Å²) in [6.45, 7) is 0. The van der Waals surface area contributed by atoms with Crippen LogP contribution in [0.3, 0.4) is 0 Å². The molecule has 0 saturated carbocycles. The molecule has 1 heterocycles. The van der Waals surface area contributed by atoms with Crippen molar-refractivity contribution in [2.75, 3.05) is 0 Å². The van der Waals surface area contributed by atoms with Gasteiger partial charge >= 0.3 is 0 Å². The molecular formula is C20H13Cl2N5S. The highest BCUT2D eigenvalue weighted by Crippen LogP contribution is 2.30. The van der Waals surface area contributed by atoms with Crippen LogP contribution < -0.4 is 0 Å². The Morgan fingerprint density at radius 2 is 1.39 bits per heavy atom. The molecule has 0 aliphatic heterocycles. The zero-order valence-corrected chi connectivity index (χ0v) is 16.7. The second kappa shape index (κ2) is 8.56. The maximum Gasteiger partial charge on any atom is 0.230 e. The normalized spacial score (nSPS) is 12.9. The highest BCUT2D eigenvalue weighted by Gasteiger charge is 2.10. The summed E-state index contributed by atoms with van der Waals surface area (Å²) >= 11 is 13.4. The molecule has 0 aliphatic carbocycles. The molecule has 0 bridgehead atoms. The van der Waals surface area contributed by atoms with Crippen LogP contribution >= 0.6 is 34.5 Å². The Kier molecular flexibility index (Phi) is 5.71. The lowest BCUT2D eigenvalue weighted by Gasteiger charge is -2.05. The van der Waals surface area contributed by atoms with E-state index in [0.717, 1.165) is 15.8 Å². The van der Waals surface area contributed by atoms with E-state index in [1.165, 1.54) is 11.3 Å². The first-order chi connectivity index (χ1) is 13.7. The first-order valence-electron chi connectivity index (χ1n) is 8.36. The van der Waals surface area contributed by atoms with Gasteiger partial charge in [-0.1, -0.05) is 58.8 Å². The number of fused-ring (bicyclic) bond motifs is 1. The highest BCUT2D eigenvalue weighted by atomic mass is 35.5. The number of para-hydroxylation sites is 1. The Labute approximate surface area is 175 Å². The van der Waals surface area contributed by atoms with Crippen LogP contribution in [-0.2, 0) is 0 Å². The third-order valence-electron chi connectivity index (χ3n) is 3.81. The molecular weight excluding hydrogens is 413 g/mol. The van der Waals surface area contributed by atoms with E-state index in [9.17, 15) is 0 Å². The summed E-state index contributed by atoms with van der Waals surface area (Å²) in [4.78, 5) is 4.47. The number of rotatable bonds is 5. The number of hydrogen-bond acceptors (Lipinski definition) is 6. The van der Waals surface area contributed by atoms with E-state index in [4.69, 9.17) is 23.2 Å². The molecule has 1 aromatic heterocycles. The summed E-state index contributed by atoms with van der Waals surface area (Å²) in [7, 11) is 0. The van der Waals surface area contributed by atoms with E-state index in [1.807, 2.05) is 36.4 Å². The molecule has 0 amide bonds. The standard InChI is InChI=1S/C20H13Cl2N5S/c21-14-7-5-13(6-8-14)19(25-24-16-11-9-15(22)10-12-16)26-27-20-23-17-3-1-2-4-18(17)28-20/h1-12,19H. The van der Waals surface area contributed by atoms with Crippen molar-refractivity contribution in [3.05, 3.63) is 88.4 Å². The minimum atomic E-state index is -0.611. The lowest BCUT2D eigenvalue weighted by Crippen LogP contribution is -1.89. The molecule has 8 heteroatoms. The van der Waals surface area contributed by atoms with Crippen molar-refractivity contribution < 1.29 is 0 Å². The van der Waals surface area contributed by atoms with Crippen molar-refractivity contribution in [2.45, 2.75) is 6.17 Å². The predicted octanol–water partition coefficient (Wildman–Crippen LogP) is 8.17. The molecule has 0 N–H and O–H groups in total. The first kappa shape index (κ1) is 18.7. The zero-order valence-electron chi connectivity index (χ0n) is 14.4. The molecule has 1 atom stereocenters. The van der Waals surface area contributed by atoms with E-state index in [0.29, 0.717) is 20.9 Å². The maximum absolute atomic E-state index is 5.99. The van der Waals surface area contributed by atoms with Crippen molar-refractivity contribution >= 4 is 55.6 Å². The lowest BCUT2D eigenvalue weighted by molar-refractivity contribution is 0.689. The van der Waals surface area contributed by atoms with Gasteiger partial charge in [0.2, 0.25) is 11.3 Å². The van der Waals surface area contributed by atoms with Crippen molar-refractivity contribution in [3.63, 3.8) is 0 Å². The fourth-order valence-electron chi connectivity index (χ4n) is 2.43. The monoisotopic (exact) mass is 425 g/mol. The number of hydrogen-bond donors (Lipinski definition) is 0. The number of azo groups is 2. The third kappa shape index (κ3) is 4.59. The van der Waals surface area contributed by atoms with E-state index < -0.39 is 6.17 Å². The van der Waals surface area contributed by atoms with Crippen LogP contribution in [-0.4, -0.2) is 4.98 Å². The van der Waals surface area contributed by atoms with Crippen LogP contribution in [0.5, 0.6) is 0 Å². The molecule has 5 nitrogen and oxygen atoms in total. The molecule has 1 unspecified atom stereocenters. The minimum absolute atomic E-state index is 0.571. The highest BCUT2D eigenvalue weighted by molar-refractivity contribution is 7.21. The Balaban J connectivity index is 1.63. The Morgan fingerprint density at radius 3 is 2.11 bits per heavy atom. The maximum atomic E-state index is 5.99. The van der Waals surface area contributed by atoms with E-state index in [1.54, 1.807) is 36.4 Å². The van der Waals surface area contributed by atoms with Gasteiger partial charge in [0.05, 0.1) is 15.9 Å². The molecule has 0 radical (unpaired) electrons. The van der Waals surface area contributed by atoms with Gasteiger partial charge in [-0.15, -0.1) is 5.11 Å². The molecule has 138 valence electrons. The van der Waals surface area contributed by atoms with Gasteiger partial charge in [0, 0.05) is 15.6 Å². The van der Waals surface area contributed by atoms with Crippen LogP contribution in [0.25, 0.3) is 10.2 Å². The summed E-state index contributed by atoms with van der Waals surface area (Å²) in [5.41, 5.74) is 2.40. The minimum Gasteiger partial charge on any atom is -0.217 e. The van der Waals surface area contributed by atoms with Crippen molar-refractivity contribution in [3.8, 4) is 0 Å². The zero-order chi connectivity index (χ0) is 19.3. The topological polar surface area (TPSA) is 62.3 Å². The number of aromatic nitrogens is 1. The first-order valence-corrected chi connectivity index (χ1v) is 9.93. The van der Waals surface area contributed by atoms with Crippen LogP contribution in [0.15, 0.2) is 93.3 Å². The van der Waals surface area contributed by atoms with Crippen LogP contribution in [0.4, 0.5) is 10.8 Å². The summed E-state index contributed by atoms with van der Waals surface area (Å²) in [5, 5.41) is 19.1. The molecule has 0 spiro atoms. The van der Waals surface area contributed by atoms with Crippen molar-refractivity contribution in [2.24, 2.45) is 20.5 Å². The van der Waals surface area contributed by atoms with Crippen molar-refractivity contribution in [1.82, 2.24) is 4.98 Å². The molecule has 28 heavy (non-hydrogen) atoms. The van der Waals surface area contributed by atoms with Crippen LogP contribution in [0, 0.1) is 0 Å². The van der Waals surface area contributed by atoms with E-state index in [-0.39, 0.29) is 0 Å². The summed E-state index contributed by atoms with van der Waals surface area (Å²) in [6, 6.07) is 22.2. The largest absolute Gasteiger partial charge is 0.230 e.